The van der Waals surface area contributed by atoms with E-state index in [-0.39, 0.29) is 0 Å². The molecule has 10 aromatic rings. The summed E-state index contributed by atoms with van der Waals surface area (Å²) in [4.78, 5) is 15.4. The predicted octanol–water partition coefficient (Wildman–Crippen LogP) is 12.9. The zero-order valence-electron chi connectivity index (χ0n) is 27.3. The van der Waals surface area contributed by atoms with Crippen molar-refractivity contribution in [3.8, 4) is 67.5 Å². The fourth-order valence-corrected chi connectivity index (χ4v) is 9.15. The SMILES string of the molecule is c1ccc(-c2nc(-c3ccc(-c4ccc5ccccc5c4)cc3)nc(-c3cccc4sc5c6c(ccc5c34)-c3cccc4cccc-6c34)n2)cc1. The Morgan fingerprint density at radius 1 is 0.353 bits per heavy atom. The van der Waals surface area contributed by atoms with Crippen LogP contribution in [0.25, 0.3) is 109 Å². The van der Waals surface area contributed by atoms with Crippen molar-refractivity contribution in [2.24, 2.45) is 0 Å². The molecule has 51 heavy (non-hydrogen) atoms. The molecule has 0 radical (unpaired) electrons. The molecule has 2 heterocycles. The van der Waals surface area contributed by atoms with Gasteiger partial charge in [0.25, 0.3) is 0 Å². The first kappa shape index (κ1) is 28.4. The molecule has 236 valence electrons. The van der Waals surface area contributed by atoms with E-state index in [1.54, 1.807) is 0 Å². The van der Waals surface area contributed by atoms with Gasteiger partial charge in [0.15, 0.2) is 17.5 Å². The minimum Gasteiger partial charge on any atom is -0.208 e. The molecule has 0 unspecified atom stereocenters. The largest absolute Gasteiger partial charge is 0.208 e. The maximum atomic E-state index is 5.20. The van der Waals surface area contributed by atoms with Crippen LogP contribution >= 0.6 is 11.3 Å². The molecule has 0 aliphatic heterocycles. The Balaban J connectivity index is 1.08. The van der Waals surface area contributed by atoms with Gasteiger partial charge in [-0.05, 0) is 61.5 Å². The van der Waals surface area contributed by atoms with Crippen molar-refractivity contribution < 1.29 is 0 Å². The van der Waals surface area contributed by atoms with Crippen molar-refractivity contribution in [1.82, 2.24) is 15.0 Å². The van der Waals surface area contributed by atoms with E-state index in [1.807, 2.05) is 29.5 Å². The topological polar surface area (TPSA) is 38.7 Å². The van der Waals surface area contributed by atoms with Crippen molar-refractivity contribution in [3.63, 3.8) is 0 Å². The maximum Gasteiger partial charge on any atom is 0.164 e. The third kappa shape index (κ3) is 4.40. The summed E-state index contributed by atoms with van der Waals surface area (Å²) >= 11 is 1.86. The summed E-state index contributed by atoms with van der Waals surface area (Å²) in [6.07, 6.45) is 0. The molecule has 1 aliphatic carbocycles. The van der Waals surface area contributed by atoms with Crippen LogP contribution in [0.3, 0.4) is 0 Å². The summed E-state index contributed by atoms with van der Waals surface area (Å²) in [5.74, 6) is 1.99. The molecular formula is C47H27N3S. The minimum atomic E-state index is 0.656. The molecule has 0 atom stereocenters. The van der Waals surface area contributed by atoms with Crippen molar-refractivity contribution in [2.75, 3.05) is 0 Å². The van der Waals surface area contributed by atoms with Gasteiger partial charge < -0.3 is 0 Å². The number of nitrogens with zero attached hydrogens (tertiary/aromatic N) is 3. The molecule has 0 spiro atoms. The van der Waals surface area contributed by atoms with Gasteiger partial charge in [-0.2, -0.15) is 0 Å². The predicted molar refractivity (Wildman–Crippen MR) is 214 cm³/mol. The molecule has 0 saturated carbocycles. The highest BCUT2D eigenvalue weighted by atomic mass is 32.1. The van der Waals surface area contributed by atoms with Gasteiger partial charge in [-0.25, -0.2) is 15.0 Å². The van der Waals surface area contributed by atoms with Gasteiger partial charge in [-0.3, -0.25) is 0 Å². The number of aromatic nitrogens is 3. The molecular weight excluding hydrogens is 639 g/mol. The molecule has 0 N–H and O–H groups in total. The second kappa shape index (κ2) is 11.0. The molecule has 0 bridgehead atoms. The molecule has 1 aliphatic rings. The van der Waals surface area contributed by atoms with Gasteiger partial charge in [0, 0.05) is 42.4 Å². The first-order valence-corrected chi connectivity index (χ1v) is 18.0. The highest BCUT2D eigenvalue weighted by Gasteiger charge is 2.26. The summed E-state index contributed by atoms with van der Waals surface area (Å²) in [5, 5.41) is 7.53. The zero-order chi connectivity index (χ0) is 33.5. The molecule has 8 aromatic carbocycles. The highest BCUT2D eigenvalue weighted by Crippen LogP contribution is 2.53. The number of benzene rings is 8. The van der Waals surface area contributed by atoms with Crippen LogP contribution in [-0.2, 0) is 0 Å². The van der Waals surface area contributed by atoms with Gasteiger partial charge in [0.2, 0.25) is 0 Å². The third-order valence-corrected chi connectivity index (χ3v) is 11.5. The van der Waals surface area contributed by atoms with Crippen LogP contribution in [0.2, 0.25) is 0 Å². The van der Waals surface area contributed by atoms with E-state index in [4.69, 9.17) is 15.0 Å². The molecule has 3 nitrogen and oxygen atoms in total. The lowest BCUT2D eigenvalue weighted by atomic mass is 9.99. The fourth-order valence-electron chi connectivity index (χ4n) is 7.86. The van der Waals surface area contributed by atoms with Crippen LogP contribution in [0.4, 0.5) is 0 Å². The number of rotatable bonds is 4. The van der Waals surface area contributed by atoms with E-state index in [2.05, 4.69) is 146 Å². The van der Waals surface area contributed by atoms with E-state index >= 15 is 0 Å². The summed E-state index contributed by atoms with van der Waals surface area (Å²) in [6, 6.07) is 58.3. The summed E-state index contributed by atoms with van der Waals surface area (Å²) in [5.41, 5.74) is 10.5. The minimum absolute atomic E-state index is 0.656. The number of thiophene rings is 1. The lowest BCUT2D eigenvalue weighted by Crippen LogP contribution is -2.00. The number of hydrogen-bond acceptors (Lipinski definition) is 4. The molecule has 2 aromatic heterocycles. The van der Waals surface area contributed by atoms with Crippen molar-refractivity contribution in [1.29, 1.82) is 0 Å². The highest BCUT2D eigenvalue weighted by molar-refractivity contribution is 7.26. The van der Waals surface area contributed by atoms with E-state index in [1.165, 1.54) is 69.5 Å². The second-order valence-electron chi connectivity index (χ2n) is 13.2. The Labute approximate surface area is 298 Å². The van der Waals surface area contributed by atoms with Crippen LogP contribution < -0.4 is 0 Å². The average Bonchev–Trinajstić information content (AvgIpc) is 3.75. The van der Waals surface area contributed by atoms with Crippen LogP contribution in [0, 0.1) is 0 Å². The van der Waals surface area contributed by atoms with Gasteiger partial charge in [-0.1, -0.05) is 152 Å². The van der Waals surface area contributed by atoms with Gasteiger partial charge in [0.05, 0.1) is 0 Å². The Morgan fingerprint density at radius 2 is 0.980 bits per heavy atom. The van der Waals surface area contributed by atoms with E-state index < -0.39 is 0 Å². The van der Waals surface area contributed by atoms with Crippen molar-refractivity contribution >= 4 is 53.1 Å². The second-order valence-corrected chi connectivity index (χ2v) is 14.2. The molecule has 11 rings (SSSR count). The Kier molecular flexibility index (Phi) is 6.12. The molecule has 4 heteroatoms. The quantitative estimate of drug-likeness (QED) is 0.188. The number of hydrogen-bond donors (Lipinski definition) is 0. The summed E-state index contributed by atoms with van der Waals surface area (Å²) in [7, 11) is 0. The normalized spacial score (nSPS) is 11.9. The monoisotopic (exact) mass is 665 g/mol. The molecule has 0 fully saturated rings. The Hall–Kier alpha value is -6.49. The standard InChI is InChI=1S/C47H27N3S/c1-2-10-31(11-3-1)45-48-46(32-22-19-29(20-23-32)34-24-21-28-9-4-5-12-33(28)27-34)50-47(49-45)39-17-8-18-40-42(39)38-26-25-36-35-15-6-13-30-14-7-16-37(41(30)35)43(36)44(38)51-40/h1-27H. The third-order valence-electron chi connectivity index (χ3n) is 10.3. The summed E-state index contributed by atoms with van der Waals surface area (Å²) in [6.45, 7) is 0. The number of fused-ring (bicyclic) bond motifs is 8. The average molecular weight is 666 g/mol. The molecule has 0 saturated heterocycles. The van der Waals surface area contributed by atoms with Crippen molar-refractivity contribution in [2.45, 2.75) is 0 Å². The van der Waals surface area contributed by atoms with Crippen LogP contribution in [0.1, 0.15) is 0 Å². The lowest BCUT2D eigenvalue weighted by Gasteiger charge is -2.10. The van der Waals surface area contributed by atoms with Gasteiger partial charge in [-0.15, -0.1) is 11.3 Å². The van der Waals surface area contributed by atoms with E-state index in [9.17, 15) is 0 Å². The van der Waals surface area contributed by atoms with E-state index in [0.717, 1.165) is 22.3 Å². The van der Waals surface area contributed by atoms with E-state index in [0.29, 0.717) is 17.5 Å². The smallest absolute Gasteiger partial charge is 0.164 e. The lowest BCUT2D eigenvalue weighted by molar-refractivity contribution is 1.08. The molecule has 0 amide bonds. The zero-order valence-corrected chi connectivity index (χ0v) is 28.2. The van der Waals surface area contributed by atoms with Crippen LogP contribution in [-0.4, -0.2) is 15.0 Å². The first-order chi connectivity index (χ1) is 25.3. The van der Waals surface area contributed by atoms with Crippen LogP contribution in [0.15, 0.2) is 164 Å². The summed E-state index contributed by atoms with van der Waals surface area (Å²) < 4.78 is 2.53. The maximum absolute atomic E-state index is 5.20. The Bertz CT molecular complexity index is 3010. The first-order valence-electron chi connectivity index (χ1n) is 17.2. The van der Waals surface area contributed by atoms with Crippen molar-refractivity contribution in [3.05, 3.63) is 164 Å². The fraction of sp³-hybridized carbons (Fsp3) is 0. The Morgan fingerprint density at radius 3 is 1.80 bits per heavy atom. The van der Waals surface area contributed by atoms with Crippen LogP contribution in [0.5, 0.6) is 0 Å². The van der Waals surface area contributed by atoms with Gasteiger partial charge >= 0.3 is 0 Å². The van der Waals surface area contributed by atoms with Gasteiger partial charge in [0.1, 0.15) is 0 Å².